The number of benzene rings is 1. The number of nitrogens with zero attached hydrogens (tertiary/aromatic N) is 2. The van der Waals surface area contributed by atoms with Gasteiger partial charge in [0.05, 0.1) is 12.6 Å². The second kappa shape index (κ2) is 8.71. The van der Waals surface area contributed by atoms with Gasteiger partial charge in [-0.15, -0.1) is 0 Å². The highest BCUT2D eigenvalue weighted by atomic mass is 19.1. The first-order chi connectivity index (χ1) is 11.9. The molecule has 136 valence electrons. The molecule has 25 heavy (non-hydrogen) atoms. The summed E-state index contributed by atoms with van der Waals surface area (Å²) in [5, 5.41) is 15.9. The molecule has 0 saturated carbocycles. The first kappa shape index (κ1) is 19.1. The molecule has 0 fully saturated rings. The monoisotopic (exact) mass is 349 g/mol. The fourth-order valence-electron chi connectivity index (χ4n) is 2.47. The molecule has 0 aliphatic rings. The van der Waals surface area contributed by atoms with Gasteiger partial charge in [0.2, 0.25) is 17.6 Å². The van der Waals surface area contributed by atoms with Gasteiger partial charge < -0.3 is 14.9 Å². The number of nitrogens with one attached hydrogen (secondary N) is 1. The van der Waals surface area contributed by atoms with Crippen molar-refractivity contribution >= 4 is 5.91 Å². The minimum atomic E-state index is -0.330. The summed E-state index contributed by atoms with van der Waals surface area (Å²) in [6.07, 6.45) is 1.18. The average Bonchev–Trinajstić information content (AvgIpc) is 3.03. The number of hydrogen-bond donors (Lipinski definition) is 2. The van der Waals surface area contributed by atoms with E-state index in [2.05, 4.69) is 15.5 Å². The maximum atomic E-state index is 13.6. The van der Waals surface area contributed by atoms with Crippen molar-refractivity contribution in [2.24, 2.45) is 5.92 Å². The molecular weight excluding hydrogens is 325 g/mol. The maximum absolute atomic E-state index is 13.6. The number of aliphatic hydroxyl groups is 1. The van der Waals surface area contributed by atoms with Crippen molar-refractivity contribution < 1.29 is 18.8 Å². The molecule has 1 aromatic carbocycles. The van der Waals surface area contributed by atoms with E-state index in [0.717, 1.165) is 0 Å². The third kappa shape index (κ3) is 5.63. The van der Waals surface area contributed by atoms with Crippen molar-refractivity contribution in [1.29, 1.82) is 0 Å². The van der Waals surface area contributed by atoms with E-state index in [1.165, 1.54) is 6.07 Å². The van der Waals surface area contributed by atoms with E-state index in [-0.39, 0.29) is 37.2 Å². The van der Waals surface area contributed by atoms with Crippen LogP contribution in [0.1, 0.15) is 38.1 Å². The zero-order valence-electron chi connectivity index (χ0n) is 14.8. The minimum absolute atomic E-state index is 0.0897. The largest absolute Gasteiger partial charge is 0.394 e. The number of carbonyl (C=O) groups excluding carboxylic acids is 1. The second-order valence-corrected chi connectivity index (χ2v) is 6.55. The van der Waals surface area contributed by atoms with Crippen LogP contribution in [0.5, 0.6) is 0 Å². The lowest BCUT2D eigenvalue weighted by Crippen LogP contribution is -2.38. The molecule has 1 unspecified atom stereocenters. The second-order valence-electron chi connectivity index (χ2n) is 6.55. The standard InChI is InChI=1S/C18H24FN3O3/c1-11(2)8-14(10-23)20-16(24)6-7-17-21-18(22-25-17)13-5-4-12(3)15(19)9-13/h4-5,9,11,14,23H,6-8,10H2,1-3H3,(H,20,24). The van der Waals surface area contributed by atoms with Crippen LogP contribution in [0.15, 0.2) is 22.7 Å². The molecule has 1 atom stereocenters. The Morgan fingerprint density at radius 2 is 2.16 bits per heavy atom. The van der Waals surface area contributed by atoms with Gasteiger partial charge in [0.1, 0.15) is 5.82 Å². The van der Waals surface area contributed by atoms with Crippen molar-refractivity contribution in [3.8, 4) is 11.4 Å². The minimum Gasteiger partial charge on any atom is -0.394 e. The van der Waals surface area contributed by atoms with Crippen LogP contribution < -0.4 is 5.32 Å². The van der Waals surface area contributed by atoms with Crippen LogP contribution in [-0.2, 0) is 11.2 Å². The Balaban J connectivity index is 1.90. The number of aliphatic hydroxyl groups excluding tert-OH is 1. The number of aromatic nitrogens is 2. The quantitative estimate of drug-likeness (QED) is 0.765. The zero-order valence-corrected chi connectivity index (χ0v) is 14.8. The first-order valence-corrected chi connectivity index (χ1v) is 8.38. The highest BCUT2D eigenvalue weighted by Gasteiger charge is 2.15. The van der Waals surface area contributed by atoms with E-state index >= 15 is 0 Å². The van der Waals surface area contributed by atoms with Crippen molar-refractivity contribution in [2.75, 3.05) is 6.61 Å². The van der Waals surface area contributed by atoms with Gasteiger partial charge in [-0.1, -0.05) is 31.1 Å². The van der Waals surface area contributed by atoms with Crippen molar-refractivity contribution in [1.82, 2.24) is 15.5 Å². The molecule has 2 N–H and O–H groups in total. The summed E-state index contributed by atoms with van der Waals surface area (Å²) < 4.78 is 18.7. The fourth-order valence-corrected chi connectivity index (χ4v) is 2.47. The van der Waals surface area contributed by atoms with Crippen molar-refractivity contribution in [3.63, 3.8) is 0 Å². The summed E-state index contributed by atoms with van der Waals surface area (Å²) in [7, 11) is 0. The third-order valence-electron chi connectivity index (χ3n) is 3.81. The Morgan fingerprint density at radius 1 is 1.40 bits per heavy atom. The molecule has 7 heteroatoms. The summed E-state index contributed by atoms with van der Waals surface area (Å²) in [6.45, 7) is 5.65. The van der Waals surface area contributed by atoms with Gasteiger partial charge in [-0.2, -0.15) is 4.98 Å². The van der Waals surface area contributed by atoms with E-state index in [9.17, 15) is 14.3 Å². The molecule has 2 rings (SSSR count). The topological polar surface area (TPSA) is 88.2 Å². The van der Waals surface area contributed by atoms with Gasteiger partial charge in [0.15, 0.2) is 0 Å². The number of amides is 1. The first-order valence-electron chi connectivity index (χ1n) is 8.38. The van der Waals surface area contributed by atoms with E-state index in [4.69, 9.17) is 4.52 Å². The molecule has 0 saturated heterocycles. The summed E-state index contributed by atoms with van der Waals surface area (Å²) in [5.41, 5.74) is 1.07. The van der Waals surface area contributed by atoms with Crippen LogP contribution in [0, 0.1) is 18.7 Å². The van der Waals surface area contributed by atoms with Crippen molar-refractivity contribution in [2.45, 2.75) is 46.1 Å². The number of aryl methyl sites for hydroxylation is 2. The van der Waals surface area contributed by atoms with Gasteiger partial charge in [-0.25, -0.2) is 4.39 Å². The Morgan fingerprint density at radius 3 is 2.80 bits per heavy atom. The van der Waals surface area contributed by atoms with Crippen LogP contribution in [0.25, 0.3) is 11.4 Å². The Labute approximate surface area is 146 Å². The molecule has 1 aromatic heterocycles. The predicted molar refractivity (Wildman–Crippen MR) is 91.2 cm³/mol. The highest BCUT2D eigenvalue weighted by molar-refractivity contribution is 5.76. The fraction of sp³-hybridized carbons (Fsp3) is 0.500. The molecule has 2 aromatic rings. The number of carbonyl (C=O) groups is 1. The number of halogens is 1. The van der Waals surface area contributed by atoms with E-state index in [1.54, 1.807) is 19.1 Å². The molecule has 1 amide bonds. The Hall–Kier alpha value is -2.28. The van der Waals surface area contributed by atoms with Crippen LogP contribution in [0.4, 0.5) is 4.39 Å². The van der Waals surface area contributed by atoms with E-state index in [0.29, 0.717) is 35.2 Å². The van der Waals surface area contributed by atoms with Gasteiger partial charge in [0.25, 0.3) is 0 Å². The molecule has 0 aliphatic heterocycles. The maximum Gasteiger partial charge on any atom is 0.227 e. The lowest BCUT2D eigenvalue weighted by molar-refractivity contribution is -0.122. The van der Waals surface area contributed by atoms with Crippen molar-refractivity contribution in [3.05, 3.63) is 35.5 Å². The van der Waals surface area contributed by atoms with Gasteiger partial charge >= 0.3 is 0 Å². The average molecular weight is 349 g/mol. The summed E-state index contributed by atoms with van der Waals surface area (Å²) in [6, 6.07) is 4.48. The van der Waals surface area contributed by atoms with Crippen LogP contribution in [-0.4, -0.2) is 33.8 Å². The van der Waals surface area contributed by atoms with Crippen LogP contribution in [0.2, 0.25) is 0 Å². The molecule has 6 nitrogen and oxygen atoms in total. The molecule has 0 radical (unpaired) electrons. The molecule has 0 bridgehead atoms. The normalized spacial score (nSPS) is 12.4. The summed E-state index contributed by atoms with van der Waals surface area (Å²) in [5.74, 6) is 0.480. The molecular formula is C18H24FN3O3. The molecule has 1 heterocycles. The lowest BCUT2D eigenvalue weighted by atomic mass is 10.0. The van der Waals surface area contributed by atoms with Gasteiger partial charge in [-0.3, -0.25) is 4.79 Å². The number of hydrogen-bond acceptors (Lipinski definition) is 5. The SMILES string of the molecule is Cc1ccc(-c2noc(CCC(=O)NC(CO)CC(C)C)n2)cc1F. The smallest absolute Gasteiger partial charge is 0.227 e. The lowest BCUT2D eigenvalue weighted by Gasteiger charge is -2.17. The molecule has 0 aliphatic carbocycles. The van der Waals surface area contributed by atoms with E-state index in [1.807, 2.05) is 13.8 Å². The number of rotatable bonds is 8. The summed E-state index contributed by atoms with van der Waals surface area (Å²) >= 11 is 0. The van der Waals surface area contributed by atoms with Crippen LogP contribution >= 0.6 is 0 Å². The van der Waals surface area contributed by atoms with Crippen LogP contribution in [0.3, 0.4) is 0 Å². The summed E-state index contributed by atoms with van der Waals surface area (Å²) in [4.78, 5) is 16.2. The van der Waals surface area contributed by atoms with Gasteiger partial charge in [0, 0.05) is 18.4 Å². The zero-order chi connectivity index (χ0) is 18.4. The van der Waals surface area contributed by atoms with Gasteiger partial charge in [-0.05, 0) is 30.9 Å². The molecule has 0 spiro atoms. The highest BCUT2D eigenvalue weighted by Crippen LogP contribution is 2.19. The third-order valence-corrected chi connectivity index (χ3v) is 3.81. The Kier molecular flexibility index (Phi) is 6.64. The Bertz CT molecular complexity index is 715. The predicted octanol–water partition coefficient (Wildman–Crippen LogP) is 2.64. The van der Waals surface area contributed by atoms with E-state index < -0.39 is 0 Å².